The van der Waals surface area contributed by atoms with Gasteiger partial charge >= 0.3 is 0 Å². The Bertz CT molecular complexity index is 3880. The Labute approximate surface area is 358 Å². The summed E-state index contributed by atoms with van der Waals surface area (Å²) in [5, 5.41) is 9.76. The van der Waals surface area contributed by atoms with Crippen molar-refractivity contribution >= 4 is 95.6 Å². The van der Waals surface area contributed by atoms with Gasteiger partial charge < -0.3 is 4.57 Å². The first-order chi connectivity index (χ1) is 30.2. The lowest BCUT2D eigenvalue weighted by Gasteiger charge is -2.16. The highest BCUT2D eigenvalue weighted by atomic mass is 32.1. The summed E-state index contributed by atoms with van der Waals surface area (Å²) in [5.41, 5.74) is 8.45. The summed E-state index contributed by atoms with van der Waals surface area (Å²) < 4.78 is 7.37. The molecule has 0 unspecified atom stereocenters. The topological polar surface area (TPSA) is 43.6 Å². The lowest BCUT2D eigenvalue weighted by atomic mass is 10.0. The second-order valence-corrected chi connectivity index (χ2v) is 17.8. The zero-order chi connectivity index (χ0) is 40.0. The fourth-order valence-corrected chi connectivity index (χ4v) is 11.4. The van der Waals surface area contributed by atoms with Crippen molar-refractivity contribution in [3.8, 4) is 51.0 Å². The van der Waals surface area contributed by atoms with E-state index in [-0.39, 0.29) is 0 Å². The maximum absolute atomic E-state index is 5.45. The Morgan fingerprint density at radius 2 is 0.852 bits per heavy atom. The fourth-order valence-electron chi connectivity index (χ4n) is 9.10. The van der Waals surface area contributed by atoms with E-state index in [9.17, 15) is 0 Å². The summed E-state index contributed by atoms with van der Waals surface area (Å²) in [5.74, 6) is 1.90. The average Bonchev–Trinajstić information content (AvgIpc) is 3.99. The normalized spacial score (nSPS) is 11.9. The van der Waals surface area contributed by atoms with Crippen LogP contribution in [0.15, 0.2) is 194 Å². The highest BCUT2D eigenvalue weighted by Crippen LogP contribution is 2.44. The average molecular weight is 813 g/mol. The summed E-state index contributed by atoms with van der Waals surface area (Å²) in [6, 6.07) is 69.7. The molecule has 0 saturated heterocycles. The number of rotatable bonds is 5. The van der Waals surface area contributed by atoms with Crippen molar-refractivity contribution in [2.75, 3.05) is 0 Å². The van der Waals surface area contributed by atoms with E-state index in [2.05, 4.69) is 193 Å². The van der Waals surface area contributed by atoms with Crippen LogP contribution in [0.25, 0.3) is 124 Å². The largest absolute Gasteiger partial charge is 0.308 e. The van der Waals surface area contributed by atoms with Gasteiger partial charge in [-0.2, -0.15) is 0 Å². The lowest BCUT2D eigenvalue weighted by Crippen LogP contribution is -2.04. The Balaban J connectivity index is 1.10. The van der Waals surface area contributed by atoms with Gasteiger partial charge in [-0.15, -0.1) is 22.7 Å². The van der Waals surface area contributed by atoms with Gasteiger partial charge in [0.2, 0.25) is 0 Å². The van der Waals surface area contributed by atoms with Gasteiger partial charge in [0.05, 0.1) is 16.7 Å². The molecule has 0 aliphatic heterocycles. The van der Waals surface area contributed by atoms with Crippen molar-refractivity contribution in [2.45, 2.75) is 0 Å². The number of benzene rings is 9. The van der Waals surface area contributed by atoms with Crippen LogP contribution in [0.3, 0.4) is 0 Å². The van der Waals surface area contributed by atoms with Gasteiger partial charge in [-0.3, -0.25) is 0 Å². The van der Waals surface area contributed by atoms with Crippen LogP contribution in [0.1, 0.15) is 0 Å². The molecule has 6 heteroatoms. The van der Waals surface area contributed by atoms with Gasteiger partial charge in [0.1, 0.15) is 0 Å². The number of aromatic nitrogens is 4. The SMILES string of the molecule is c1ccc(-c2ccc(-c3nc(-c4ccc5c(c4)sc4ccccc45)nc(-c4cc5c(cc4-n4c6ccccc6c6cc7ccccc7cc64)sc4ccccc45)n3)cc2)cc1. The molecule has 0 aliphatic rings. The first-order valence-electron chi connectivity index (χ1n) is 20.4. The van der Waals surface area contributed by atoms with Crippen molar-refractivity contribution in [3.63, 3.8) is 0 Å². The molecule has 0 bridgehead atoms. The molecule has 0 saturated carbocycles. The molecule has 0 spiro atoms. The number of hydrogen-bond acceptors (Lipinski definition) is 5. The number of thiophene rings is 2. The minimum Gasteiger partial charge on any atom is -0.308 e. The zero-order valence-corrected chi connectivity index (χ0v) is 34.2. The van der Waals surface area contributed by atoms with Gasteiger partial charge in [-0.05, 0) is 70.4 Å². The molecular weight excluding hydrogens is 781 g/mol. The standard InChI is InChI=1S/C55H32N4S2/c1-2-12-33(13-3-1)34-22-24-35(25-23-34)53-56-54(38-26-27-42-40-17-7-10-20-49(40)60-51(42)30-38)58-55(57-53)45-31-44-41-18-8-11-21-50(41)61-52(44)32-48(45)59-46-19-9-6-16-39(46)43-28-36-14-4-5-15-37(36)29-47(43)59/h1-32H. The van der Waals surface area contributed by atoms with Crippen LogP contribution in [0, 0.1) is 0 Å². The molecule has 0 N–H and O–H groups in total. The van der Waals surface area contributed by atoms with Crippen molar-refractivity contribution in [1.29, 1.82) is 0 Å². The quantitative estimate of drug-likeness (QED) is 0.174. The number of fused-ring (bicyclic) bond motifs is 10. The summed E-state index contributed by atoms with van der Waals surface area (Å²) in [4.78, 5) is 16.1. The molecule has 13 aromatic rings. The Hall–Kier alpha value is -7.51. The molecule has 0 amide bonds. The number of nitrogens with zero attached hydrogens (tertiary/aromatic N) is 4. The minimum atomic E-state index is 0.627. The van der Waals surface area contributed by atoms with E-state index < -0.39 is 0 Å². The monoisotopic (exact) mass is 812 g/mol. The van der Waals surface area contributed by atoms with Crippen LogP contribution in [0.2, 0.25) is 0 Å². The van der Waals surface area contributed by atoms with E-state index in [4.69, 9.17) is 15.0 Å². The van der Waals surface area contributed by atoms with Gasteiger partial charge in [0.25, 0.3) is 0 Å². The van der Waals surface area contributed by atoms with E-state index >= 15 is 0 Å². The van der Waals surface area contributed by atoms with Crippen molar-refractivity contribution in [3.05, 3.63) is 194 Å². The van der Waals surface area contributed by atoms with E-state index in [1.807, 2.05) is 17.4 Å². The maximum atomic E-state index is 5.45. The molecule has 61 heavy (non-hydrogen) atoms. The molecule has 284 valence electrons. The molecule has 13 rings (SSSR count). The third-order valence-electron chi connectivity index (χ3n) is 12.0. The van der Waals surface area contributed by atoms with E-state index in [0.717, 1.165) is 39.0 Å². The zero-order valence-electron chi connectivity index (χ0n) is 32.6. The van der Waals surface area contributed by atoms with Crippen molar-refractivity contribution in [1.82, 2.24) is 19.5 Å². The summed E-state index contributed by atoms with van der Waals surface area (Å²) in [6.45, 7) is 0. The highest BCUT2D eigenvalue weighted by Gasteiger charge is 2.22. The van der Waals surface area contributed by atoms with Crippen molar-refractivity contribution < 1.29 is 0 Å². The minimum absolute atomic E-state index is 0.627. The van der Waals surface area contributed by atoms with Gasteiger partial charge in [-0.1, -0.05) is 146 Å². The Morgan fingerprint density at radius 3 is 1.62 bits per heavy atom. The van der Waals surface area contributed by atoms with Crippen LogP contribution < -0.4 is 0 Å². The van der Waals surface area contributed by atoms with E-state index in [1.54, 1.807) is 11.3 Å². The van der Waals surface area contributed by atoms with Crippen LogP contribution in [-0.2, 0) is 0 Å². The third-order valence-corrected chi connectivity index (χ3v) is 14.3. The van der Waals surface area contributed by atoms with Crippen molar-refractivity contribution in [2.24, 2.45) is 0 Å². The molecule has 0 aliphatic carbocycles. The molecule has 0 atom stereocenters. The molecule has 4 aromatic heterocycles. The molecule has 0 fully saturated rings. The Kier molecular flexibility index (Phi) is 7.61. The van der Waals surface area contributed by atoms with Crippen LogP contribution in [0.5, 0.6) is 0 Å². The fraction of sp³-hybridized carbons (Fsp3) is 0. The molecular formula is C55H32N4S2. The van der Waals surface area contributed by atoms with Crippen LogP contribution in [0.4, 0.5) is 0 Å². The second kappa shape index (κ2) is 13.5. The Morgan fingerprint density at radius 1 is 0.311 bits per heavy atom. The first-order valence-corrected chi connectivity index (χ1v) is 22.1. The summed E-state index contributed by atoms with van der Waals surface area (Å²) in [7, 11) is 0. The number of para-hydroxylation sites is 1. The first kappa shape index (κ1) is 34.4. The highest BCUT2D eigenvalue weighted by molar-refractivity contribution is 7.26. The molecule has 0 radical (unpaired) electrons. The lowest BCUT2D eigenvalue weighted by molar-refractivity contribution is 1.07. The summed E-state index contributed by atoms with van der Waals surface area (Å²) in [6.07, 6.45) is 0. The predicted molar refractivity (Wildman–Crippen MR) is 259 cm³/mol. The second-order valence-electron chi connectivity index (χ2n) is 15.6. The molecule has 4 heterocycles. The smallest absolute Gasteiger partial charge is 0.166 e. The summed E-state index contributed by atoms with van der Waals surface area (Å²) >= 11 is 3.63. The molecule has 9 aromatic carbocycles. The van der Waals surface area contributed by atoms with Crippen LogP contribution >= 0.6 is 22.7 Å². The third kappa shape index (κ3) is 5.53. The van der Waals surface area contributed by atoms with Gasteiger partial charge in [0.15, 0.2) is 17.5 Å². The van der Waals surface area contributed by atoms with E-state index in [1.165, 1.54) is 67.5 Å². The van der Waals surface area contributed by atoms with E-state index in [0.29, 0.717) is 17.5 Å². The van der Waals surface area contributed by atoms with Crippen LogP contribution in [-0.4, -0.2) is 19.5 Å². The maximum Gasteiger partial charge on any atom is 0.166 e. The van der Waals surface area contributed by atoms with Gasteiger partial charge in [-0.25, -0.2) is 15.0 Å². The van der Waals surface area contributed by atoms with Gasteiger partial charge in [0, 0.05) is 67.8 Å². The predicted octanol–water partition coefficient (Wildman–Crippen LogP) is 15.5. The number of hydrogen-bond donors (Lipinski definition) is 0. The molecule has 4 nitrogen and oxygen atoms in total.